The Morgan fingerprint density at radius 1 is 0.879 bits per heavy atom. The average molecular weight is 451 g/mol. The smallest absolute Gasteiger partial charge is 0.243 e. The first kappa shape index (κ1) is 24.1. The molecule has 2 amide bonds. The van der Waals surface area contributed by atoms with E-state index in [4.69, 9.17) is 0 Å². The monoisotopic (exact) mass is 450 g/mol. The van der Waals surface area contributed by atoms with Crippen molar-refractivity contribution >= 4 is 11.8 Å². The van der Waals surface area contributed by atoms with E-state index in [1.807, 2.05) is 37.3 Å². The van der Waals surface area contributed by atoms with Gasteiger partial charge in [0.05, 0.1) is 6.42 Å². The van der Waals surface area contributed by atoms with Gasteiger partial charge in [-0.1, -0.05) is 67.6 Å². The summed E-state index contributed by atoms with van der Waals surface area (Å²) in [6, 6.07) is 20.5. The lowest BCUT2D eigenvalue weighted by atomic mass is 10.0. The maximum atomic E-state index is 14.3. The minimum absolute atomic E-state index is 0.102. The van der Waals surface area contributed by atoms with E-state index in [2.05, 4.69) is 5.32 Å². The molecule has 0 radical (unpaired) electrons. The highest BCUT2D eigenvalue weighted by atomic mass is 19.1. The molecule has 0 aliphatic rings. The second-order valence-electron chi connectivity index (χ2n) is 7.91. The van der Waals surface area contributed by atoms with Crippen LogP contribution in [0, 0.1) is 11.6 Å². The van der Waals surface area contributed by atoms with Crippen LogP contribution in [0.3, 0.4) is 0 Å². The molecular weight excluding hydrogens is 422 g/mol. The zero-order valence-corrected chi connectivity index (χ0v) is 18.6. The highest BCUT2D eigenvalue weighted by Crippen LogP contribution is 2.18. The van der Waals surface area contributed by atoms with Gasteiger partial charge in [-0.3, -0.25) is 9.59 Å². The molecule has 3 rings (SSSR count). The quantitative estimate of drug-likeness (QED) is 0.488. The van der Waals surface area contributed by atoms with Crippen molar-refractivity contribution in [3.8, 4) is 0 Å². The summed E-state index contributed by atoms with van der Waals surface area (Å²) in [5.41, 5.74) is 1.84. The Balaban J connectivity index is 1.95. The summed E-state index contributed by atoms with van der Waals surface area (Å²) in [5.74, 6) is -1.51. The molecule has 1 atom stereocenters. The fourth-order valence-corrected chi connectivity index (χ4v) is 3.61. The van der Waals surface area contributed by atoms with Gasteiger partial charge in [-0.2, -0.15) is 0 Å². The Hall–Kier alpha value is -3.54. The number of nitrogens with zero attached hydrogens (tertiary/aromatic N) is 1. The summed E-state index contributed by atoms with van der Waals surface area (Å²) in [6.45, 7) is 2.53. The van der Waals surface area contributed by atoms with E-state index in [-0.39, 0.29) is 36.2 Å². The molecule has 0 spiro atoms. The van der Waals surface area contributed by atoms with Crippen LogP contribution in [0.1, 0.15) is 30.0 Å². The zero-order valence-electron chi connectivity index (χ0n) is 18.6. The zero-order chi connectivity index (χ0) is 23.6. The van der Waals surface area contributed by atoms with Crippen molar-refractivity contribution in [1.29, 1.82) is 0 Å². The summed E-state index contributed by atoms with van der Waals surface area (Å²) < 4.78 is 27.7. The highest BCUT2D eigenvalue weighted by Gasteiger charge is 2.30. The molecule has 0 unspecified atom stereocenters. The van der Waals surface area contributed by atoms with Crippen molar-refractivity contribution in [2.45, 2.75) is 38.8 Å². The number of hydrogen-bond donors (Lipinski definition) is 1. The van der Waals surface area contributed by atoms with E-state index >= 15 is 0 Å². The first-order chi connectivity index (χ1) is 16.0. The number of amides is 2. The highest BCUT2D eigenvalue weighted by molar-refractivity contribution is 5.88. The molecule has 0 aliphatic carbocycles. The first-order valence-corrected chi connectivity index (χ1v) is 11.1. The third-order valence-corrected chi connectivity index (χ3v) is 5.39. The molecule has 6 heteroatoms. The second kappa shape index (κ2) is 11.9. The molecule has 3 aromatic carbocycles. The van der Waals surface area contributed by atoms with E-state index in [0.29, 0.717) is 18.5 Å². The van der Waals surface area contributed by atoms with Crippen LogP contribution in [0.15, 0.2) is 78.9 Å². The minimum atomic E-state index is -0.803. The van der Waals surface area contributed by atoms with Gasteiger partial charge in [0.25, 0.3) is 0 Å². The van der Waals surface area contributed by atoms with E-state index in [9.17, 15) is 18.4 Å². The Bertz CT molecular complexity index is 1060. The molecule has 0 bridgehead atoms. The van der Waals surface area contributed by atoms with Gasteiger partial charge in [0.1, 0.15) is 17.7 Å². The maximum Gasteiger partial charge on any atom is 0.243 e. The largest absolute Gasteiger partial charge is 0.354 e. The third-order valence-electron chi connectivity index (χ3n) is 5.39. The van der Waals surface area contributed by atoms with Gasteiger partial charge in [0.15, 0.2) is 0 Å². The number of carbonyl (C=O) groups excluding carboxylic acids is 2. The third kappa shape index (κ3) is 6.97. The SMILES string of the molecule is CCCNC(=O)[C@@H](Cc1ccccc1)N(Cc1ccc(F)cc1)C(=O)Cc1ccccc1F. The predicted octanol–water partition coefficient (Wildman–Crippen LogP) is 4.67. The number of carbonyl (C=O) groups is 2. The van der Waals surface area contributed by atoms with Crippen LogP contribution in [0.2, 0.25) is 0 Å². The molecule has 0 saturated heterocycles. The molecule has 172 valence electrons. The lowest BCUT2D eigenvalue weighted by Gasteiger charge is -2.31. The van der Waals surface area contributed by atoms with Crippen LogP contribution >= 0.6 is 0 Å². The first-order valence-electron chi connectivity index (χ1n) is 11.1. The molecule has 0 saturated carbocycles. The van der Waals surface area contributed by atoms with Crippen LogP contribution in [0.25, 0.3) is 0 Å². The Labute approximate surface area is 193 Å². The predicted molar refractivity (Wildman–Crippen MR) is 124 cm³/mol. The molecule has 0 aromatic heterocycles. The topological polar surface area (TPSA) is 49.4 Å². The van der Waals surface area contributed by atoms with Crippen molar-refractivity contribution in [2.75, 3.05) is 6.54 Å². The fraction of sp³-hybridized carbons (Fsp3) is 0.259. The molecule has 1 N–H and O–H groups in total. The summed E-state index contributed by atoms with van der Waals surface area (Å²) >= 11 is 0. The number of nitrogens with one attached hydrogen (secondary N) is 1. The van der Waals surface area contributed by atoms with E-state index < -0.39 is 11.9 Å². The van der Waals surface area contributed by atoms with Crippen LogP contribution < -0.4 is 5.32 Å². The van der Waals surface area contributed by atoms with Crippen LogP contribution in [-0.4, -0.2) is 29.3 Å². The lowest BCUT2D eigenvalue weighted by Crippen LogP contribution is -2.51. The van der Waals surface area contributed by atoms with Crippen molar-refractivity contribution in [3.05, 3.63) is 107 Å². The second-order valence-corrected chi connectivity index (χ2v) is 7.91. The summed E-state index contributed by atoms with van der Waals surface area (Å²) in [5, 5.41) is 2.89. The molecule has 3 aromatic rings. The Kier molecular flexibility index (Phi) is 8.70. The number of hydrogen-bond acceptors (Lipinski definition) is 2. The Morgan fingerprint density at radius 3 is 2.21 bits per heavy atom. The molecule has 0 fully saturated rings. The molecule has 0 heterocycles. The van der Waals surface area contributed by atoms with Gasteiger partial charge < -0.3 is 10.2 Å². The molecule has 33 heavy (non-hydrogen) atoms. The van der Waals surface area contributed by atoms with Crippen molar-refractivity contribution < 1.29 is 18.4 Å². The summed E-state index contributed by atoms with van der Waals surface area (Å²) in [7, 11) is 0. The van der Waals surface area contributed by atoms with E-state index in [0.717, 1.165) is 12.0 Å². The van der Waals surface area contributed by atoms with Crippen molar-refractivity contribution in [3.63, 3.8) is 0 Å². The fourth-order valence-electron chi connectivity index (χ4n) is 3.61. The van der Waals surface area contributed by atoms with Gasteiger partial charge in [-0.15, -0.1) is 0 Å². The number of benzene rings is 3. The lowest BCUT2D eigenvalue weighted by molar-refractivity contribution is -0.140. The maximum absolute atomic E-state index is 14.3. The van der Waals surface area contributed by atoms with Crippen molar-refractivity contribution in [1.82, 2.24) is 10.2 Å². The average Bonchev–Trinajstić information content (AvgIpc) is 2.83. The van der Waals surface area contributed by atoms with Gasteiger partial charge >= 0.3 is 0 Å². The van der Waals surface area contributed by atoms with Gasteiger partial charge in [0, 0.05) is 19.5 Å². The molecular formula is C27H28F2N2O2. The van der Waals surface area contributed by atoms with Gasteiger partial charge in [-0.05, 0) is 41.3 Å². The van der Waals surface area contributed by atoms with E-state index in [1.165, 1.54) is 23.1 Å². The van der Waals surface area contributed by atoms with Crippen LogP contribution in [-0.2, 0) is 29.0 Å². The molecule has 0 aliphatic heterocycles. The summed E-state index contributed by atoms with van der Waals surface area (Å²) in [4.78, 5) is 28.1. The summed E-state index contributed by atoms with van der Waals surface area (Å²) in [6.07, 6.45) is 0.881. The van der Waals surface area contributed by atoms with E-state index in [1.54, 1.807) is 30.3 Å². The minimum Gasteiger partial charge on any atom is -0.354 e. The number of halogens is 2. The standard InChI is InChI=1S/C27H28F2N2O2/c1-2-16-30-27(33)25(17-20-8-4-3-5-9-20)31(19-21-12-14-23(28)15-13-21)26(32)18-22-10-6-7-11-24(22)29/h3-15,25H,2,16-19H2,1H3,(H,30,33)/t25-/m1/s1. The normalized spacial score (nSPS) is 11.6. The van der Waals surface area contributed by atoms with Crippen LogP contribution in [0.4, 0.5) is 8.78 Å². The van der Waals surface area contributed by atoms with Gasteiger partial charge in [-0.25, -0.2) is 8.78 Å². The number of rotatable bonds is 10. The van der Waals surface area contributed by atoms with Crippen LogP contribution in [0.5, 0.6) is 0 Å². The van der Waals surface area contributed by atoms with Crippen molar-refractivity contribution in [2.24, 2.45) is 0 Å². The molecule has 4 nitrogen and oxygen atoms in total. The Morgan fingerprint density at radius 2 is 1.55 bits per heavy atom. The van der Waals surface area contributed by atoms with Gasteiger partial charge in [0.2, 0.25) is 11.8 Å².